The zero-order chi connectivity index (χ0) is 5.11. The van der Waals surface area contributed by atoms with Crippen LogP contribution in [-0.2, 0) is 0 Å². The van der Waals surface area contributed by atoms with Crippen molar-refractivity contribution >= 4 is 29.6 Å². The minimum absolute atomic E-state index is 0. The molecule has 39 valence electrons. The maximum Gasteiger partial charge on any atom is 0.0758 e. The summed E-state index contributed by atoms with van der Waals surface area (Å²) in [5.74, 6) is 0. The van der Waals surface area contributed by atoms with Gasteiger partial charge in [-0.2, -0.15) is 0 Å². The van der Waals surface area contributed by atoms with Crippen LogP contribution in [-0.4, -0.2) is 40.8 Å². The molecule has 0 fully saturated rings. The molecule has 1 aliphatic carbocycles. The topological polar surface area (TPSA) is 20.2 Å². The van der Waals surface area contributed by atoms with Crippen LogP contribution >= 0.6 is 0 Å². The van der Waals surface area contributed by atoms with Crippen LogP contribution in [0.2, 0.25) is 0 Å². The molecule has 1 rings (SSSR count). The van der Waals surface area contributed by atoms with Crippen molar-refractivity contribution in [3.8, 4) is 0 Å². The van der Waals surface area contributed by atoms with E-state index in [1.165, 1.54) is 0 Å². The van der Waals surface area contributed by atoms with Gasteiger partial charge in [-0.25, -0.2) is 0 Å². The molecule has 8 heavy (non-hydrogen) atoms. The molecule has 0 bridgehead atoms. The summed E-state index contributed by atoms with van der Waals surface area (Å²) in [7, 11) is 0. The van der Waals surface area contributed by atoms with Gasteiger partial charge in [0.25, 0.3) is 0 Å². The third-order valence-electron chi connectivity index (χ3n) is 0.958. The molecule has 0 aliphatic heterocycles. The molecule has 2 heteroatoms. The van der Waals surface area contributed by atoms with E-state index in [4.69, 9.17) is 5.11 Å². The standard InChI is InChI=1S/C6H8O.Na/c7-6-4-2-1-3-5-6;/h1-4,6-7H,5H2;. The van der Waals surface area contributed by atoms with Crippen LogP contribution in [0.15, 0.2) is 24.3 Å². The second-order valence-electron chi connectivity index (χ2n) is 1.62. The van der Waals surface area contributed by atoms with Gasteiger partial charge in [0.1, 0.15) is 0 Å². The largest absolute Gasteiger partial charge is 0.389 e. The first kappa shape index (κ1) is 8.44. The Morgan fingerprint density at radius 2 is 2.12 bits per heavy atom. The Bertz CT molecular complexity index is 107. The molecule has 0 saturated heterocycles. The number of aliphatic hydroxyl groups is 1. The van der Waals surface area contributed by atoms with Crippen molar-refractivity contribution in [3.05, 3.63) is 24.3 Å². The van der Waals surface area contributed by atoms with Crippen molar-refractivity contribution in [2.45, 2.75) is 12.5 Å². The van der Waals surface area contributed by atoms with Crippen molar-refractivity contribution in [2.75, 3.05) is 0 Å². The van der Waals surface area contributed by atoms with E-state index in [1.807, 2.05) is 18.2 Å². The van der Waals surface area contributed by atoms with E-state index in [0.717, 1.165) is 6.42 Å². The molecule has 1 radical (unpaired) electrons. The molecule has 1 N–H and O–H groups in total. The van der Waals surface area contributed by atoms with Gasteiger partial charge in [0.2, 0.25) is 0 Å². The van der Waals surface area contributed by atoms with Crippen LogP contribution in [0, 0.1) is 0 Å². The van der Waals surface area contributed by atoms with Crippen LogP contribution in [0.1, 0.15) is 6.42 Å². The number of hydrogen-bond donors (Lipinski definition) is 1. The second-order valence-corrected chi connectivity index (χ2v) is 1.62. The van der Waals surface area contributed by atoms with Gasteiger partial charge in [0.15, 0.2) is 0 Å². The first-order valence-electron chi connectivity index (χ1n) is 2.41. The zero-order valence-electron chi connectivity index (χ0n) is 5.04. The molecule has 1 nitrogen and oxygen atoms in total. The molecular weight excluding hydrogens is 111 g/mol. The molecule has 1 unspecified atom stereocenters. The fraction of sp³-hybridized carbons (Fsp3) is 0.333. The molecule has 0 saturated carbocycles. The van der Waals surface area contributed by atoms with Crippen molar-refractivity contribution in [2.24, 2.45) is 0 Å². The molecule has 1 aliphatic rings. The van der Waals surface area contributed by atoms with Crippen LogP contribution < -0.4 is 0 Å². The smallest absolute Gasteiger partial charge is 0.0758 e. The van der Waals surface area contributed by atoms with Crippen molar-refractivity contribution < 1.29 is 5.11 Å². The number of hydrogen-bond acceptors (Lipinski definition) is 1. The van der Waals surface area contributed by atoms with Crippen LogP contribution in [0.25, 0.3) is 0 Å². The predicted octanol–water partition coefficient (Wildman–Crippen LogP) is 0.483. The van der Waals surface area contributed by atoms with Crippen molar-refractivity contribution in [1.29, 1.82) is 0 Å². The number of allylic oxidation sites excluding steroid dienone is 2. The summed E-state index contributed by atoms with van der Waals surface area (Å²) in [6, 6.07) is 0. The van der Waals surface area contributed by atoms with E-state index in [0.29, 0.717) is 0 Å². The molecular formula is C6H8NaO. The molecule has 0 spiro atoms. The van der Waals surface area contributed by atoms with E-state index in [2.05, 4.69) is 0 Å². The quantitative estimate of drug-likeness (QED) is 0.460. The molecule has 1 atom stereocenters. The van der Waals surface area contributed by atoms with Gasteiger partial charge in [0.05, 0.1) is 6.10 Å². The maximum atomic E-state index is 8.77. The summed E-state index contributed by atoms with van der Waals surface area (Å²) >= 11 is 0. The van der Waals surface area contributed by atoms with Gasteiger partial charge in [-0.3, -0.25) is 0 Å². The molecule has 0 aromatic carbocycles. The van der Waals surface area contributed by atoms with E-state index < -0.39 is 0 Å². The number of rotatable bonds is 0. The van der Waals surface area contributed by atoms with E-state index in [-0.39, 0.29) is 35.7 Å². The Hall–Kier alpha value is 0.440. The van der Waals surface area contributed by atoms with Gasteiger partial charge in [-0.1, -0.05) is 24.3 Å². The third kappa shape index (κ3) is 2.68. The summed E-state index contributed by atoms with van der Waals surface area (Å²) in [6.45, 7) is 0. The molecule has 0 aromatic heterocycles. The Balaban J connectivity index is 0.000000490. The fourth-order valence-corrected chi connectivity index (χ4v) is 0.568. The van der Waals surface area contributed by atoms with Gasteiger partial charge in [-0.05, 0) is 6.42 Å². The average molecular weight is 119 g/mol. The third-order valence-corrected chi connectivity index (χ3v) is 0.958. The normalized spacial score (nSPS) is 24.9. The molecule has 0 amide bonds. The summed E-state index contributed by atoms with van der Waals surface area (Å²) in [6.07, 6.45) is 8.06. The minimum atomic E-state index is -0.231. The van der Waals surface area contributed by atoms with Gasteiger partial charge >= 0.3 is 0 Å². The summed E-state index contributed by atoms with van der Waals surface area (Å²) in [5.41, 5.74) is 0. The van der Waals surface area contributed by atoms with Crippen LogP contribution in [0.3, 0.4) is 0 Å². The van der Waals surface area contributed by atoms with E-state index >= 15 is 0 Å². The van der Waals surface area contributed by atoms with Gasteiger partial charge in [0, 0.05) is 29.6 Å². The molecule has 0 heterocycles. The average Bonchev–Trinajstić information content (AvgIpc) is 1.69. The molecule has 0 aromatic rings. The van der Waals surface area contributed by atoms with Crippen molar-refractivity contribution in [3.63, 3.8) is 0 Å². The van der Waals surface area contributed by atoms with Gasteiger partial charge < -0.3 is 5.11 Å². The maximum absolute atomic E-state index is 8.77. The number of aliphatic hydroxyl groups excluding tert-OH is 1. The van der Waals surface area contributed by atoms with Crippen molar-refractivity contribution in [1.82, 2.24) is 0 Å². The van der Waals surface area contributed by atoms with Gasteiger partial charge in [-0.15, -0.1) is 0 Å². The Kier molecular flexibility index (Phi) is 4.57. The van der Waals surface area contributed by atoms with Crippen LogP contribution in [0.5, 0.6) is 0 Å². The Morgan fingerprint density at radius 3 is 2.38 bits per heavy atom. The van der Waals surface area contributed by atoms with E-state index in [9.17, 15) is 0 Å². The first-order chi connectivity index (χ1) is 3.39. The van der Waals surface area contributed by atoms with Crippen LogP contribution in [0.4, 0.5) is 0 Å². The Morgan fingerprint density at radius 1 is 1.38 bits per heavy atom. The first-order valence-corrected chi connectivity index (χ1v) is 2.41. The summed E-state index contributed by atoms with van der Waals surface area (Å²) < 4.78 is 0. The second kappa shape index (κ2) is 4.33. The Labute approximate surface area is 71.4 Å². The monoisotopic (exact) mass is 119 g/mol. The fourth-order valence-electron chi connectivity index (χ4n) is 0.568. The SMILES string of the molecule is OC1C=CC=CC1.[Na]. The van der Waals surface area contributed by atoms with E-state index in [1.54, 1.807) is 6.08 Å². The summed E-state index contributed by atoms with van der Waals surface area (Å²) in [4.78, 5) is 0. The zero-order valence-corrected chi connectivity index (χ0v) is 7.04. The predicted molar refractivity (Wildman–Crippen MR) is 34.7 cm³/mol. The summed E-state index contributed by atoms with van der Waals surface area (Å²) in [5, 5.41) is 8.77. The minimum Gasteiger partial charge on any atom is -0.389 e.